The van der Waals surface area contributed by atoms with Crippen LogP contribution < -0.4 is 5.32 Å². The Hall–Kier alpha value is -1.95. The summed E-state index contributed by atoms with van der Waals surface area (Å²) < 4.78 is 10.4. The molecule has 1 aliphatic rings. The maximum atomic E-state index is 12.0. The first-order valence-corrected chi connectivity index (χ1v) is 8.07. The minimum atomic E-state index is -0.561. The van der Waals surface area contributed by atoms with Gasteiger partial charge in [0.2, 0.25) is 0 Å². The van der Waals surface area contributed by atoms with E-state index in [1.54, 1.807) is 12.1 Å². The number of carbonyl (C=O) groups excluding carboxylic acids is 2. The molecule has 2 rings (SSSR count). The van der Waals surface area contributed by atoms with Gasteiger partial charge in [0.05, 0.1) is 19.8 Å². The number of nitrogens with zero attached hydrogens (tertiary/aromatic N) is 1. The summed E-state index contributed by atoms with van der Waals surface area (Å²) >= 11 is 0. The van der Waals surface area contributed by atoms with Crippen molar-refractivity contribution in [2.24, 2.45) is 5.92 Å². The summed E-state index contributed by atoms with van der Waals surface area (Å²) in [5.41, 5.74) is 0.311. The fourth-order valence-electron chi connectivity index (χ4n) is 2.77. The Morgan fingerprint density at radius 2 is 2.00 bits per heavy atom. The SMILES string of the molecule is COC(=O)c1cccc(C(=O)NCCO[C@@H]2CCCC[C@H]2C)n1. The fourth-order valence-corrected chi connectivity index (χ4v) is 2.77. The van der Waals surface area contributed by atoms with E-state index in [-0.39, 0.29) is 17.3 Å². The predicted molar refractivity (Wildman–Crippen MR) is 85.3 cm³/mol. The van der Waals surface area contributed by atoms with Crippen LogP contribution in [-0.4, -0.2) is 43.2 Å². The lowest BCUT2D eigenvalue weighted by Gasteiger charge is -2.28. The molecule has 0 bridgehead atoms. The van der Waals surface area contributed by atoms with Crippen molar-refractivity contribution in [1.82, 2.24) is 10.3 Å². The average Bonchev–Trinajstić information content (AvgIpc) is 2.59. The molecule has 0 aliphatic heterocycles. The Bertz CT molecular complexity index is 547. The molecular weight excluding hydrogens is 296 g/mol. The van der Waals surface area contributed by atoms with Crippen molar-refractivity contribution in [3.63, 3.8) is 0 Å². The quantitative estimate of drug-likeness (QED) is 0.642. The lowest BCUT2D eigenvalue weighted by Crippen LogP contribution is -2.32. The molecule has 1 amide bonds. The summed E-state index contributed by atoms with van der Waals surface area (Å²) in [4.78, 5) is 27.5. The standard InChI is InChI=1S/C17H24N2O4/c1-12-6-3-4-9-15(12)23-11-10-18-16(20)13-7-5-8-14(19-13)17(21)22-2/h5,7-8,12,15H,3-4,6,9-11H2,1-2H3,(H,18,20)/t12-,15-/m1/s1. The zero-order valence-corrected chi connectivity index (χ0v) is 13.7. The second-order valence-corrected chi connectivity index (χ2v) is 5.83. The van der Waals surface area contributed by atoms with Crippen LogP contribution in [0.1, 0.15) is 53.6 Å². The predicted octanol–water partition coefficient (Wildman–Crippen LogP) is 2.19. The molecule has 1 N–H and O–H groups in total. The van der Waals surface area contributed by atoms with E-state index in [4.69, 9.17) is 4.74 Å². The van der Waals surface area contributed by atoms with Crippen LogP contribution in [0.25, 0.3) is 0 Å². The highest BCUT2D eigenvalue weighted by Gasteiger charge is 2.21. The summed E-state index contributed by atoms with van der Waals surface area (Å²) in [6.07, 6.45) is 5.09. The normalized spacial score (nSPS) is 20.8. The number of ether oxygens (including phenoxy) is 2. The van der Waals surface area contributed by atoms with Gasteiger partial charge in [-0.1, -0.05) is 25.8 Å². The highest BCUT2D eigenvalue weighted by atomic mass is 16.5. The van der Waals surface area contributed by atoms with Crippen LogP contribution >= 0.6 is 0 Å². The molecule has 2 atom stereocenters. The van der Waals surface area contributed by atoms with Crippen molar-refractivity contribution in [2.75, 3.05) is 20.3 Å². The maximum Gasteiger partial charge on any atom is 0.356 e. The highest BCUT2D eigenvalue weighted by molar-refractivity contribution is 5.94. The van der Waals surface area contributed by atoms with Crippen LogP contribution in [-0.2, 0) is 9.47 Å². The molecule has 1 aliphatic carbocycles. The van der Waals surface area contributed by atoms with E-state index >= 15 is 0 Å². The molecule has 6 heteroatoms. The second-order valence-electron chi connectivity index (χ2n) is 5.83. The molecule has 6 nitrogen and oxygen atoms in total. The Morgan fingerprint density at radius 3 is 2.74 bits per heavy atom. The van der Waals surface area contributed by atoms with Crippen molar-refractivity contribution in [2.45, 2.75) is 38.7 Å². The van der Waals surface area contributed by atoms with E-state index in [2.05, 4.69) is 22.0 Å². The first-order valence-electron chi connectivity index (χ1n) is 8.07. The van der Waals surface area contributed by atoms with E-state index in [1.165, 1.54) is 32.4 Å². The number of rotatable bonds is 6. The van der Waals surface area contributed by atoms with Gasteiger partial charge in [-0.15, -0.1) is 0 Å². The van der Waals surface area contributed by atoms with E-state index < -0.39 is 5.97 Å². The number of pyridine rings is 1. The summed E-state index contributed by atoms with van der Waals surface area (Å²) in [5, 5.41) is 2.76. The van der Waals surface area contributed by atoms with Crippen molar-refractivity contribution >= 4 is 11.9 Å². The number of nitrogens with one attached hydrogen (secondary N) is 1. The number of amides is 1. The minimum absolute atomic E-state index is 0.118. The molecule has 0 spiro atoms. The third-order valence-corrected chi connectivity index (χ3v) is 4.13. The number of methoxy groups -OCH3 is 1. The molecule has 1 heterocycles. The average molecular weight is 320 g/mol. The van der Waals surface area contributed by atoms with Gasteiger partial charge in [-0.25, -0.2) is 9.78 Å². The van der Waals surface area contributed by atoms with Gasteiger partial charge in [0, 0.05) is 6.54 Å². The summed E-state index contributed by atoms with van der Waals surface area (Å²) in [5.74, 6) is -0.303. The van der Waals surface area contributed by atoms with Gasteiger partial charge in [0.1, 0.15) is 11.4 Å². The van der Waals surface area contributed by atoms with Crippen molar-refractivity contribution in [3.05, 3.63) is 29.6 Å². The molecule has 1 fully saturated rings. The van der Waals surface area contributed by atoms with Gasteiger partial charge >= 0.3 is 5.97 Å². The molecule has 1 aromatic rings. The Labute approximate surface area is 136 Å². The summed E-state index contributed by atoms with van der Waals surface area (Å²) in [7, 11) is 1.28. The number of carbonyl (C=O) groups is 2. The lowest BCUT2D eigenvalue weighted by atomic mass is 9.88. The van der Waals surface area contributed by atoms with Crippen LogP contribution in [0, 0.1) is 5.92 Å². The first kappa shape index (κ1) is 17.4. The van der Waals surface area contributed by atoms with Gasteiger partial charge in [0.25, 0.3) is 5.91 Å². The number of esters is 1. The molecule has 1 saturated carbocycles. The number of hydrogen-bond donors (Lipinski definition) is 1. The number of hydrogen-bond acceptors (Lipinski definition) is 5. The van der Waals surface area contributed by atoms with E-state index in [9.17, 15) is 9.59 Å². The van der Waals surface area contributed by atoms with Crippen LogP contribution in [0.15, 0.2) is 18.2 Å². The number of aromatic nitrogens is 1. The fraction of sp³-hybridized carbons (Fsp3) is 0.588. The van der Waals surface area contributed by atoms with Gasteiger partial charge in [-0.3, -0.25) is 4.79 Å². The third kappa shape index (κ3) is 5.03. The van der Waals surface area contributed by atoms with E-state index in [0.29, 0.717) is 25.2 Å². The molecule has 126 valence electrons. The van der Waals surface area contributed by atoms with Crippen molar-refractivity contribution in [3.8, 4) is 0 Å². The summed E-state index contributed by atoms with van der Waals surface area (Å²) in [6.45, 7) is 3.12. The monoisotopic (exact) mass is 320 g/mol. The smallest absolute Gasteiger partial charge is 0.356 e. The Balaban J connectivity index is 1.77. The van der Waals surface area contributed by atoms with Crippen LogP contribution in [0.3, 0.4) is 0 Å². The van der Waals surface area contributed by atoms with Crippen LogP contribution in [0.5, 0.6) is 0 Å². The van der Waals surface area contributed by atoms with Crippen LogP contribution in [0.4, 0.5) is 0 Å². The molecule has 0 radical (unpaired) electrons. The van der Waals surface area contributed by atoms with E-state index in [1.807, 2.05) is 0 Å². The molecule has 1 aromatic heterocycles. The largest absolute Gasteiger partial charge is 0.464 e. The molecule has 0 unspecified atom stereocenters. The van der Waals surface area contributed by atoms with Gasteiger partial charge in [-0.2, -0.15) is 0 Å². The molecular formula is C17H24N2O4. The Kier molecular flexibility index (Phi) is 6.52. The zero-order chi connectivity index (χ0) is 16.7. The highest BCUT2D eigenvalue weighted by Crippen LogP contribution is 2.25. The maximum absolute atomic E-state index is 12.0. The Morgan fingerprint density at radius 1 is 1.26 bits per heavy atom. The zero-order valence-electron chi connectivity index (χ0n) is 13.7. The summed E-state index contributed by atoms with van der Waals surface area (Å²) in [6, 6.07) is 4.68. The van der Waals surface area contributed by atoms with E-state index in [0.717, 1.165) is 6.42 Å². The molecule has 23 heavy (non-hydrogen) atoms. The lowest BCUT2D eigenvalue weighted by molar-refractivity contribution is -0.00295. The minimum Gasteiger partial charge on any atom is -0.464 e. The van der Waals surface area contributed by atoms with Crippen molar-refractivity contribution < 1.29 is 19.1 Å². The van der Waals surface area contributed by atoms with Gasteiger partial charge < -0.3 is 14.8 Å². The van der Waals surface area contributed by atoms with Gasteiger partial charge in [-0.05, 0) is 30.9 Å². The second kappa shape index (κ2) is 8.62. The van der Waals surface area contributed by atoms with Gasteiger partial charge in [0.15, 0.2) is 0 Å². The third-order valence-electron chi connectivity index (χ3n) is 4.13. The molecule has 0 aromatic carbocycles. The molecule has 0 saturated heterocycles. The van der Waals surface area contributed by atoms with Crippen LogP contribution in [0.2, 0.25) is 0 Å². The van der Waals surface area contributed by atoms with Crippen molar-refractivity contribution in [1.29, 1.82) is 0 Å². The topological polar surface area (TPSA) is 77.5 Å². The first-order chi connectivity index (χ1) is 11.1.